The highest BCUT2D eigenvalue weighted by atomic mass is 127. The molecule has 1 heterocycles. The lowest BCUT2D eigenvalue weighted by molar-refractivity contribution is -0.113. The van der Waals surface area contributed by atoms with E-state index in [1.165, 1.54) is 28.8 Å². The normalized spacial score (nSPS) is 11.5. The number of nitrogens with one attached hydrogen (secondary N) is 1. The fourth-order valence-electron chi connectivity index (χ4n) is 3.28. The number of carbonyl (C=O) groups excluding carboxylic acids is 1. The summed E-state index contributed by atoms with van der Waals surface area (Å²) in [5, 5.41) is 8.78. The molecule has 0 saturated carbocycles. The van der Waals surface area contributed by atoms with Crippen molar-refractivity contribution in [1.82, 2.24) is 9.55 Å². The van der Waals surface area contributed by atoms with Crippen LogP contribution in [0.5, 0.6) is 0 Å². The monoisotopic (exact) mass is 606 g/mol. The van der Waals surface area contributed by atoms with Crippen LogP contribution in [-0.2, 0) is 14.8 Å². The van der Waals surface area contributed by atoms with Crippen molar-refractivity contribution in [2.45, 2.75) is 17.0 Å². The summed E-state index contributed by atoms with van der Waals surface area (Å²) in [5.74, 6) is -0.223. The Balaban J connectivity index is 1.73. The maximum absolute atomic E-state index is 13.4. The fraction of sp³-hybridized carbons (Fsp3) is 0.0870. The van der Waals surface area contributed by atoms with E-state index in [9.17, 15) is 18.0 Å². The minimum Gasteiger partial charge on any atom is -0.325 e. The lowest BCUT2D eigenvalue weighted by Gasteiger charge is -2.14. The summed E-state index contributed by atoms with van der Waals surface area (Å²) in [4.78, 5) is 30.6. The summed E-state index contributed by atoms with van der Waals surface area (Å²) in [5.41, 5.74) is 2.24. The lowest BCUT2D eigenvalue weighted by atomic mass is 10.2. The number of amides is 1. The molecule has 0 fully saturated rings. The number of hydrogen-bond donors (Lipinski definition) is 2. The Morgan fingerprint density at radius 2 is 1.82 bits per heavy atom. The molecule has 4 aromatic rings. The van der Waals surface area contributed by atoms with Crippen molar-refractivity contribution in [2.24, 2.45) is 5.14 Å². The van der Waals surface area contributed by atoms with E-state index in [4.69, 9.17) is 5.14 Å². The number of fused-ring (bicyclic) bond motifs is 1. The van der Waals surface area contributed by atoms with Crippen LogP contribution < -0.4 is 16.0 Å². The zero-order valence-electron chi connectivity index (χ0n) is 17.9. The van der Waals surface area contributed by atoms with Gasteiger partial charge < -0.3 is 5.32 Å². The molecular weight excluding hydrogens is 587 g/mol. The molecule has 34 heavy (non-hydrogen) atoms. The zero-order chi connectivity index (χ0) is 24.5. The number of nitrogens with two attached hydrogens (primary N) is 1. The summed E-state index contributed by atoms with van der Waals surface area (Å²) in [6.07, 6.45) is 0. The highest BCUT2D eigenvalue weighted by Gasteiger charge is 2.17. The summed E-state index contributed by atoms with van der Waals surface area (Å²) in [6, 6.07) is 18.4. The molecule has 0 atom stereocenters. The SMILES string of the molecule is Cc1ccccc1NC(=O)CSc1nc2ccc(I)cc2c(=O)n1-c1ccc(S(N)(=O)=O)cc1. The van der Waals surface area contributed by atoms with Gasteiger partial charge in [0.2, 0.25) is 15.9 Å². The molecule has 0 bridgehead atoms. The minimum atomic E-state index is -3.88. The molecule has 0 aliphatic heterocycles. The predicted molar refractivity (Wildman–Crippen MR) is 142 cm³/mol. The summed E-state index contributed by atoms with van der Waals surface area (Å²) in [7, 11) is -3.88. The third kappa shape index (κ3) is 5.32. The number of carbonyl (C=O) groups is 1. The van der Waals surface area contributed by atoms with Gasteiger partial charge in [0, 0.05) is 9.26 Å². The van der Waals surface area contributed by atoms with Crippen molar-refractivity contribution in [3.05, 3.63) is 86.2 Å². The molecule has 174 valence electrons. The number of sulfonamides is 1. The van der Waals surface area contributed by atoms with Crippen LogP contribution in [-0.4, -0.2) is 29.6 Å². The molecular formula is C23H19IN4O4S2. The van der Waals surface area contributed by atoms with Crippen LogP contribution in [0, 0.1) is 10.5 Å². The number of para-hydroxylation sites is 1. The van der Waals surface area contributed by atoms with Crippen LogP contribution in [0.4, 0.5) is 5.69 Å². The van der Waals surface area contributed by atoms with Gasteiger partial charge in [-0.3, -0.25) is 14.2 Å². The average molecular weight is 606 g/mol. The highest BCUT2D eigenvalue weighted by Crippen LogP contribution is 2.24. The number of hydrogen-bond acceptors (Lipinski definition) is 6. The van der Waals surface area contributed by atoms with Crippen LogP contribution in [0.15, 0.2) is 81.6 Å². The van der Waals surface area contributed by atoms with Gasteiger partial charge in [-0.2, -0.15) is 0 Å². The molecule has 1 amide bonds. The van der Waals surface area contributed by atoms with Gasteiger partial charge in [0.15, 0.2) is 5.16 Å². The van der Waals surface area contributed by atoms with E-state index in [-0.39, 0.29) is 22.1 Å². The standard InChI is InChI=1S/C23H19IN4O4S2/c1-14-4-2-3-5-19(14)26-21(29)13-33-23-27-20-11-6-15(24)12-18(20)22(30)28(23)16-7-9-17(10-8-16)34(25,31)32/h2-12H,13H2,1H3,(H,26,29)(H2,25,31,32). The molecule has 1 aromatic heterocycles. The van der Waals surface area contributed by atoms with E-state index in [2.05, 4.69) is 32.9 Å². The van der Waals surface area contributed by atoms with E-state index in [0.717, 1.165) is 20.9 Å². The smallest absolute Gasteiger partial charge is 0.266 e. The third-order valence-electron chi connectivity index (χ3n) is 4.97. The van der Waals surface area contributed by atoms with Crippen molar-refractivity contribution in [3.63, 3.8) is 0 Å². The van der Waals surface area contributed by atoms with Gasteiger partial charge in [-0.15, -0.1) is 0 Å². The molecule has 3 N–H and O–H groups in total. The zero-order valence-corrected chi connectivity index (χ0v) is 21.6. The number of nitrogens with zero attached hydrogens (tertiary/aromatic N) is 2. The Hall–Kier alpha value is -2.74. The molecule has 0 spiro atoms. The Labute approximate surface area is 213 Å². The van der Waals surface area contributed by atoms with Crippen molar-refractivity contribution in [2.75, 3.05) is 11.1 Å². The highest BCUT2D eigenvalue weighted by molar-refractivity contribution is 14.1. The first-order valence-corrected chi connectivity index (χ1v) is 13.6. The Morgan fingerprint density at radius 1 is 1.12 bits per heavy atom. The van der Waals surface area contributed by atoms with E-state index in [0.29, 0.717) is 27.4 Å². The number of thioether (sulfide) groups is 1. The van der Waals surface area contributed by atoms with Crippen LogP contribution >= 0.6 is 34.4 Å². The molecule has 0 unspecified atom stereocenters. The van der Waals surface area contributed by atoms with E-state index in [1.54, 1.807) is 12.1 Å². The third-order valence-corrected chi connectivity index (χ3v) is 7.51. The van der Waals surface area contributed by atoms with Crippen molar-refractivity contribution in [3.8, 4) is 5.69 Å². The largest absolute Gasteiger partial charge is 0.325 e. The number of rotatable bonds is 6. The first-order chi connectivity index (χ1) is 16.1. The average Bonchev–Trinajstić information content (AvgIpc) is 2.79. The quantitative estimate of drug-likeness (QED) is 0.196. The first-order valence-electron chi connectivity index (χ1n) is 9.97. The van der Waals surface area contributed by atoms with Crippen LogP contribution in [0.25, 0.3) is 16.6 Å². The summed E-state index contributed by atoms with van der Waals surface area (Å²) >= 11 is 3.23. The van der Waals surface area contributed by atoms with Crippen LogP contribution in [0.2, 0.25) is 0 Å². The second-order valence-electron chi connectivity index (χ2n) is 7.39. The predicted octanol–water partition coefficient (Wildman–Crippen LogP) is 3.68. The lowest BCUT2D eigenvalue weighted by Crippen LogP contribution is -2.23. The Bertz CT molecular complexity index is 1570. The molecule has 0 saturated heterocycles. The van der Waals surface area contributed by atoms with Gasteiger partial charge in [0.1, 0.15) is 0 Å². The van der Waals surface area contributed by atoms with Crippen LogP contribution in [0.3, 0.4) is 0 Å². The number of benzene rings is 3. The second kappa shape index (κ2) is 9.86. The van der Waals surface area contributed by atoms with Crippen molar-refractivity contribution >= 4 is 66.9 Å². The summed E-state index contributed by atoms with van der Waals surface area (Å²) in [6.45, 7) is 1.90. The Kier molecular flexibility index (Phi) is 7.07. The van der Waals surface area contributed by atoms with Gasteiger partial charge in [0.05, 0.1) is 27.2 Å². The van der Waals surface area contributed by atoms with Gasteiger partial charge in [-0.1, -0.05) is 30.0 Å². The van der Waals surface area contributed by atoms with Gasteiger partial charge in [0.25, 0.3) is 5.56 Å². The van der Waals surface area contributed by atoms with E-state index in [1.807, 2.05) is 37.3 Å². The molecule has 4 rings (SSSR count). The summed E-state index contributed by atoms with van der Waals surface area (Å²) < 4.78 is 25.5. The molecule has 11 heteroatoms. The maximum Gasteiger partial charge on any atom is 0.266 e. The van der Waals surface area contributed by atoms with E-state index >= 15 is 0 Å². The number of anilines is 1. The van der Waals surface area contributed by atoms with E-state index < -0.39 is 10.0 Å². The molecule has 0 aliphatic carbocycles. The minimum absolute atomic E-state index is 0.0198. The van der Waals surface area contributed by atoms with Crippen molar-refractivity contribution in [1.29, 1.82) is 0 Å². The maximum atomic E-state index is 13.4. The van der Waals surface area contributed by atoms with Gasteiger partial charge in [-0.25, -0.2) is 18.5 Å². The fourth-order valence-corrected chi connectivity index (χ4v) is 5.10. The second-order valence-corrected chi connectivity index (χ2v) is 11.1. The number of aryl methyl sites for hydroxylation is 1. The number of aromatic nitrogens is 2. The number of halogens is 1. The molecule has 8 nitrogen and oxygen atoms in total. The number of primary sulfonamides is 1. The van der Waals surface area contributed by atoms with Gasteiger partial charge >= 0.3 is 0 Å². The Morgan fingerprint density at radius 3 is 2.50 bits per heavy atom. The van der Waals surface area contributed by atoms with Crippen molar-refractivity contribution < 1.29 is 13.2 Å². The van der Waals surface area contributed by atoms with Gasteiger partial charge in [-0.05, 0) is 83.6 Å². The molecule has 0 radical (unpaired) electrons. The topological polar surface area (TPSA) is 124 Å². The molecule has 3 aromatic carbocycles. The molecule has 0 aliphatic rings. The van der Waals surface area contributed by atoms with Crippen LogP contribution in [0.1, 0.15) is 5.56 Å². The first kappa shape index (κ1) is 24.4.